The molecule has 2 aromatic carbocycles. The van der Waals surface area contributed by atoms with Gasteiger partial charge < -0.3 is 5.73 Å². The molecule has 180 valence electrons. The first-order chi connectivity index (χ1) is 16.4. The van der Waals surface area contributed by atoms with Crippen LogP contribution in [0.5, 0.6) is 0 Å². The lowest BCUT2D eigenvalue weighted by Crippen LogP contribution is -2.07. The third-order valence-electron chi connectivity index (χ3n) is 5.68. The van der Waals surface area contributed by atoms with Gasteiger partial charge in [-0.05, 0) is 69.0 Å². The van der Waals surface area contributed by atoms with Gasteiger partial charge in [0.1, 0.15) is 17.3 Å². The van der Waals surface area contributed by atoms with E-state index in [1.165, 1.54) is 12.1 Å². The summed E-state index contributed by atoms with van der Waals surface area (Å²) in [5.74, 6) is 5.36. The van der Waals surface area contributed by atoms with Crippen LogP contribution in [0.2, 0.25) is 5.02 Å². The van der Waals surface area contributed by atoms with E-state index < -0.39 is 11.6 Å². The Kier molecular flexibility index (Phi) is 6.57. The zero-order chi connectivity index (χ0) is 25.5. The zero-order valence-corrected chi connectivity index (χ0v) is 21.1. The lowest BCUT2D eigenvalue weighted by Gasteiger charge is -2.18. The summed E-state index contributed by atoms with van der Waals surface area (Å²) in [6, 6.07) is 11.1. The predicted molar refractivity (Wildman–Crippen MR) is 138 cm³/mol. The summed E-state index contributed by atoms with van der Waals surface area (Å²) in [5.41, 5.74) is 10.4. The molecule has 4 nitrogen and oxygen atoms in total. The van der Waals surface area contributed by atoms with E-state index in [9.17, 15) is 8.78 Å². The molecule has 0 bridgehead atoms. The van der Waals surface area contributed by atoms with Crippen LogP contribution in [0.4, 0.5) is 14.6 Å². The zero-order valence-electron chi connectivity index (χ0n) is 20.4. The Labute approximate surface area is 209 Å². The summed E-state index contributed by atoms with van der Waals surface area (Å²) in [5, 5.41) is 5.55. The number of nitrogens with zero attached hydrogens (tertiary/aromatic N) is 3. The number of hydrogen-bond donors (Lipinski definition) is 1. The van der Waals surface area contributed by atoms with E-state index in [0.717, 1.165) is 28.4 Å². The fourth-order valence-corrected chi connectivity index (χ4v) is 4.45. The molecule has 1 unspecified atom stereocenters. The molecule has 4 rings (SSSR count). The number of pyridine rings is 1. The molecule has 2 N–H and O–H groups in total. The Morgan fingerprint density at radius 3 is 2.37 bits per heavy atom. The van der Waals surface area contributed by atoms with Gasteiger partial charge in [0.05, 0.1) is 21.6 Å². The monoisotopic (exact) mass is 492 g/mol. The highest BCUT2D eigenvalue weighted by Crippen LogP contribution is 2.39. The standard InChI is InChI=1S/C28H27ClF2N4/c1-16(12-17-13-18(30)15-19(31)14-17)25-21(7-6-20(33-25)10-11-28(2,3)4)22-8-9-23(29)24-26(22)35(5)34-27(24)32/h6-9,13-16H,12H2,1-5H3,(H2,32,34). The topological polar surface area (TPSA) is 56.7 Å². The number of halogens is 3. The maximum atomic E-state index is 13.9. The second kappa shape index (κ2) is 9.31. The van der Waals surface area contributed by atoms with Gasteiger partial charge in [-0.25, -0.2) is 13.8 Å². The van der Waals surface area contributed by atoms with Gasteiger partial charge >= 0.3 is 0 Å². The molecule has 7 heteroatoms. The summed E-state index contributed by atoms with van der Waals surface area (Å²) in [6.45, 7) is 8.09. The maximum Gasteiger partial charge on any atom is 0.154 e. The van der Waals surface area contributed by atoms with E-state index in [-0.39, 0.29) is 11.3 Å². The number of benzene rings is 2. The average molecular weight is 493 g/mol. The van der Waals surface area contributed by atoms with Crippen LogP contribution >= 0.6 is 11.6 Å². The van der Waals surface area contributed by atoms with Crippen LogP contribution in [0.1, 0.15) is 50.6 Å². The van der Waals surface area contributed by atoms with Crippen molar-refractivity contribution in [1.82, 2.24) is 14.8 Å². The van der Waals surface area contributed by atoms with Crippen molar-refractivity contribution < 1.29 is 8.78 Å². The van der Waals surface area contributed by atoms with Crippen LogP contribution in [0.25, 0.3) is 22.0 Å². The van der Waals surface area contributed by atoms with E-state index in [1.807, 2.05) is 52.9 Å². The molecule has 1 atom stereocenters. The molecule has 0 radical (unpaired) electrons. The third-order valence-corrected chi connectivity index (χ3v) is 5.99. The van der Waals surface area contributed by atoms with Crippen LogP contribution in [-0.2, 0) is 13.5 Å². The minimum atomic E-state index is -0.602. The molecule has 0 saturated heterocycles. The Morgan fingerprint density at radius 1 is 1.06 bits per heavy atom. The highest BCUT2D eigenvalue weighted by atomic mass is 35.5. The van der Waals surface area contributed by atoms with E-state index in [0.29, 0.717) is 33.9 Å². The highest BCUT2D eigenvalue weighted by molar-refractivity contribution is 6.37. The fraction of sp³-hybridized carbons (Fsp3) is 0.286. The number of aromatic nitrogens is 3. The lowest BCUT2D eigenvalue weighted by atomic mass is 9.90. The largest absolute Gasteiger partial charge is 0.382 e. The summed E-state index contributed by atoms with van der Waals surface area (Å²) < 4.78 is 29.4. The summed E-state index contributed by atoms with van der Waals surface area (Å²) in [7, 11) is 1.81. The molecule has 0 saturated carbocycles. The first-order valence-corrected chi connectivity index (χ1v) is 11.7. The molecule has 0 spiro atoms. The van der Waals surface area contributed by atoms with Gasteiger partial charge in [0.2, 0.25) is 0 Å². The molecule has 0 fully saturated rings. The van der Waals surface area contributed by atoms with Gasteiger partial charge in [0.15, 0.2) is 5.82 Å². The van der Waals surface area contributed by atoms with Gasteiger partial charge in [-0.3, -0.25) is 4.68 Å². The van der Waals surface area contributed by atoms with Crippen molar-refractivity contribution in [3.05, 3.63) is 76.1 Å². The van der Waals surface area contributed by atoms with Crippen molar-refractivity contribution >= 4 is 28.3 Å². The summed E-state index contributed by atoms with van der Waals surface area (Å²) in [6.07, 6.45) is 0.398. The minimum absolute atomic E-state index is 0.168. The van der Waals surface area contributed by atoms with E-state index in [1.54, 1.807) is 10.7 Å². The smallest absolute Gasteiger partial charge is 0.154 e. The molecular formula is C28H27ClF2N4. The number of nitrogen functional groups attached to an aromatic ring is 1. The molecule has 0 amide bonds. The normalized spacial score (nSPS) is 12.5. The number of anilines is 1. The predicted octanol–water partition coefficient (Wildman–Crippen LogP) is 6.89. The molecule has 35 heavy (non-hydrogen) atoms. The van der Waals surface area contributed by atoms with Crippen molar-refractivity contribution in [2.45, 2.75) is 40.0 Å². The van der Waals surface area contributed by atoms with E-state index >= 15 is 0 Å². The van der Waals surface area contributed by atoms with E-state index in [4.69, 9.17) is 22.3 Å². The second-order valence-corrected chi connectivity index (χ2v) is 10.2. The van der Waals surface area contributed by atoms with Gasteiger partial charge in [-0.2, -0.15) is 5.10 Å². The number of aryl methyl sites for hydroxylation is 1. The SMILES string of the molecule is CC(Cc1cc(F)cc(F)c1)c1nc(C#CC(C)(C)C)ccc1-c1ccc(Cl)c2c(N)nn(C)c12. The molecule has 0 aliphatic rings. The van der Waals surface area contributed by atoms with Crippen LogP contribution in [-0.4, -0.2) is 14.8 Å². The summed E-state index contributed by atoms with van der Waals surface area (Å²) >= 11 is 6.45. The third kappa shape index (κ3) is 5.31. The van der Waals surface area contributed by atoms with Gasteiger partial charge in [-0.1, -0.05) is 30.5 Å². The van der Waals surface area contributed by atoms with Crippen molar-refractivity contribution in [2.75, 3.05) is 5.73 Å². The lowest BCUT2D eigenvalue weighted by molar-refractivity contribution is 0.571. The first-order valence-electron chi connectivity index (χ1n) is 11.3. The van der Waals surface area contributed by atoms with Crippen LogP contribution in [0, 0.1) is 28.9 Å². The number of hydrogen-bond acceptors (Lipinski definition) is 3. The van der Waals surface area contributed by atoms with Crippen molar-refractivity contribution in [2.24, 2.45) is 12.5 Å². The van der Waals surface area contributed by atoms with Crippen LogP contribution < -0.4 is 5.73 Å². The molecule has 0 aliphatic carbocycles. The minimum Gasteiger partial charge on any atom is -0.382 e. The Morgan fingerprint density at radius 2 is 1.71 bits per heavy atom. The second-order valence-electron chi connectivity index (χ2n) is 9.84. The number of nitrogens with two attached hydrogens (primary N) is 1. The Hall–Kier alpha value is -3.43. The van der Waals surface area contributed by atoms with Gasteiger partial charge in [0, 0.05) is 35.6 Å². The van der Waals surface area contributed by atoms with Gasteiger partial charge in [-0.15, -0.1) is 0 Å². The van der Waals surface area contributed by atoms with Crippen molar-refractivity contribution in [3.8, 4) is 23.0 Å². The first kappa shape index (κ1) is 24.7. The molecular weight excluding hydrogens is 466 g/mol. The van der Waals surface area contributed by atoms with Crippen LogP contribution in [0.3, 0.4) is 0 Å². The fourth-order valence-electron chi connectivity index (χ4n) is 4.20. The van der Waals surface area contributed by atoms with Crippen LogP contribution in [0.15, 0.2) is 42.5 Å². The van der Waals surface area contributed by atoms with Crippen molar-refractivity contribution in [3.63, 3.8) is 0 Å². The molecule has 4 aromatic rings. The molecule has 2 heterocycles. The quantitative estimate of drug-likeness (QED) is 0.315. The highest BCUT2D eigenvalue weighted by Gasteiger charge is 2.21. The Balaban J connectivity index is 1.90. The average Bonchev–Trinajstić information content (AvgIpc) is 3.06. The number of rotatable bonds is 4. The molecule has 0 aliphatic heterocycles. The number of fused-ring (bicyclic) bond motifs is 1. The Bertz CT molecular complexity index is 1470. The van der Waals surface area contributed by atoms with Gasteiger partial charge in [0.25, 0.3) is 0 Å². The maximum absolute atomic E-state index is 13.9. The molecule has 2 aromatic heterocycles. The van der Waals surface area contributed by atoms with E-state index in [2.05, 4.69) is 16.9 Å². The summed E-state index contributed by atoms with van der Waals surface area (Å²) in [4.78, 5) is 4.90. The van der Waals surface area contributed by atoms with Crippen molar-refractivity contribution in [1.29, 1.82) is 0 Å².